The van der Waals surface area contributed by atoms with Crippen molar-refractivity contribution >= 4 is 26.4 Å². The Morgan fingerprint density at radius 2 is 1.92 bits per heavy atom. The molecule has 0 aliphatic heterocycles. The Labute approximate surface area is 88.4 Å². The molecule has 0 bridgehead atoms. The van der Waals surface area contributed by atoms with Crippen LogP contribution in [0.25, 0.3) is 0 Å². The van der Waals surface area contributed by atoms with Gasteiger partial charge in [-0.25, -0.2) is 0 Å². The predicted molar refractivity (Wildman–Crippen MR) is 59.5 cm³/mol. The van der Waals surface area contributed by atoms with Gasteiger partial charge in [-0.3, -0.25) is 4.79 Å². The van der Waals surface area contributed by atoms with E-state index in [1.54, 1.807) is 0 Å². The van der Waals surface area contributed by atoms with E-state index < -0.39 is 0 Å². The van der Waals surface area contributed by atoms with Gasteiger partial charge in [0.1, 0.15) is 0 Å². The summed E-state index contributed by atoms with van der Waals surface area (Å²) >= 11 is 1.90. The quantitative estimate of drug-likeness (QED) is 0.567. The molecule has 0 aromatic carbocycles. The first-order valence-electron chi connectivity index (χ1n) is 4.97. The first-order valence-corrected chi connectivity index (χ1v) is 6.05. The Morgan fingerprint density at radius 3 is 2.50 bits per heavy atom. The SMILES string of the molecule is O=C(I)CCCC1CCCCC1. The fraction of sp³-hybridized carbons (Fsp3) is 0.900. The first-order chi connectivity index (χ1) is 5.79. The average molecular weight is 280 g/mol. The molecule has 0 unspecified atom stereocenters. The number of rotatable bonds is 4. The van der Waals surface area contributed by atoms with Gasteiger partial charge >= 0.3 is 0 Å². The molecule has 0 amide bonds. The van der Waals surface area contributed by atoms with Crippen LogP contribution in [0.4, 0.5) is 0 Å². The second-order valence-electron chi connectivity index (χ2n) is 3.75. The summed E-state index contributed by atoms with van der Waals surface area (Å²) in [6, 6.07) is 0. The van der Waals surface area contributed by atoms with E-state index in [0.717, 1.165) is 18.8 Å². The molecule has 0 N–H and O–H groups in total. The highest BCUT2D eigenvalue weighted by Crippen LogP contribution is 2.27. The van der Waals surface area contributed by atoms with Crippen molar-refractivity contribution in [3.05, 3.63) is 0 Å². The third-order valence-electron chi connectivity index (χ3n) is 2.71. The van der Waals surface area contributed by atoms with Crippen LogP contribution in [0.3, 0.4) is 0 Å². The van der Waals surface area contributed by atoms with E-state index in [2.05, 4.69) is 0 Å². The molecule has 0 spiro atoms. The van der Waals surface area contributed by atoms with Crippen LogP contribution in [0, 0.1) is 5.92 Å². The number of carbonyl (C=O) groups is 1. The first kappa shape index (κ1) is 10.5. The van der Waals surface area contributed by atoms with Crippen molar-refractivity contribution in [3.8, 4) is 0 Å². The standard InChI is InChI=1S/C10H17IO/c11-10(12)8-4-7-9-5-2-1-3-6-9/h9H,1-8H2. The lowest BCUT2D eigenvalue weighted by Gasteiger charge is -2.20. The maximum Gasteiger partial charge on any atom is 0.192 e. The van der Waals surface area contributed by atoms with Gasteiger partial charge in [0.15, 0.2) is 3.79 Å². The van der Waals surface area contributed by atoms with Crippen molar-refractivity contribution < 1.29 is 4.79 Å². The van der Waals surface area contributed by atoms with Gasteiger partial charge in [0, 0.05) is 6.42 Å². The maximum absolute atomic E-state index is 10.7. The lowest BCUT2D eigenvalue weighted by Crippen LogP contribution is -2.06. The molecular weight excluding hydrogens is 263 g/mol. The zero-order chi connectivity index (χ0) is 8.81. The van der Waals surface area contributed by atoms with Gasteiger partial charge < -0.3 is 0 Å². The van der Waals surface area contributed by atoms with Gasteiger partial charge in [0.2, 0.25) is 0 Å². The van der Waals surface area contributed by atoms with Crippen LogP contribution in [-0.4, -0.2) is 3.79 Å². The minimum atomic E-state index is 0.323. The molecule has 0 saturated heterocycles. The third-order valence-corrected chi connectivity index (χ3v) is 3.25. The monoisotopic (exact) mass is 280 g/mol. The highest BCUT2D eigenvalue weighted by atomic mass is 127. The van der Waals surface area contributed by atoms with Crippen LogP contribution in [0.1, 0.15) is 51.4 Å². The van der Waals surface area contributed by atoms with E-state index >= 15 is 0 Å². The Kier molecular flexibility index (Phi) is 5.19. The molecule has 1 nitrogen and oxygen atoms in total. The summed E-state index contributed by atoms with van der Waals surface area (Å²) in [6.07, 6.45) is 10.3. The lowest BCUT2D eigenvalue weighted by atomic mass is 9.86. The highest BCUT2D eigenvalue weighted by molar-refractivity contribution is 14.1. The summed E-state index contributed by atoms with van der Waals surface area (Å²) in [4.78, 5) is 10.7. The van der Waals surface area contributed by atoms with E-state index in [1.165, 1.54) is 38.5 Å². The molecule has 0 atom stereocenters. The molecule has 1 aliphatic rings. The second kappa shape index (κ2) is 5.95. The minimum absolute atomic E-state index is 0.323. The van der Waals surface area contributed by atoms with Crippen molar-refractivity contribution in [2.45, 2.75) is 51.4 Å². The van der Waals surface area contributed by atoms with Gasteiger partial charge in [-0.15, -0.1) is 0 Å². The molecule has 1 fully saturated rings. The van der Waals surface area contributed by atoms with Gasteiger partial charge in [0.25, 0.3) is 0 Å². The molecule has 12 heavy (non-hydrogen) atoms. The highest BCUT2D eigenvalue weighted by Gasteiger charge is 2.12. The zero-order valence-corrected chi connectivity index (χ0v) is 9.68. The van der Waals surface area contributed by atoms with Crippen LogP contribution >= 0.6 is 22.6 Å². The second-order valence-corrected chi connectivity index (χ2v) is 4.95. The summed E-state index contributed by atoms with van der Waals surface area (Å²) in [5, 5.41) is 0. The van der Waals surface area contributed by atoms with Crippen LogP contribution in [0.2, 0.25) is 0 Å². The van der Waals surface area contributed by atoms with E-state index in [9.17, 15) is 4.79 Å². The summed E-state index contributed by atoms with van der Waals surface area (Å²) < 4.78 is 0.323. The summed E-state index contributed by atoms with van der Waals surface area (Å²) in [5.41, 5.74) is 0. The maximum atomic E-state index is 10.7. The largest absolute Gasteiger partial charge is 0.288 e. The summed E-state index contributed by atoms with van der Waals surface area (Å²) in [6.45, 7) is 0. The van der Waals surface area contributed by atoms with Crippen molar-refractivity contribution in [3.63, 3.8) is 0 Å². The molecule has 1 rings (SSSR count). The zero-order valence-electron chi connectivity index (χ0n) is 7.52. The Bertz CT molecular complexity index is 139. The van der Waals surface area contributed by atoms with Crippen molar-refractivity contribution in [1.29, 1.82) is 0 Å². The molecule has 1 saturated carbocycles. The third kappa shape index (κ3) is 4.43. The lowest BCUT2D eigenvalue weighted by molar-refractivity contribution is -0.109. The smallest absolute Gasteiger partial charge is 0.192 e. The molecular formula is C10H17IO. The summed E-state index contributed by atoms with van der Waals surface area (Å²) in [5.74, 6) is 0.939. The van der Waals surface area contributed by atoms with Crippen LogP contribution < -0.4 is 0 Å². The minimum Gasteiger partial charge on any atom is -0.288 e. The molecule has 0 radical (unpaired) electrons. The Morgan fingerprint density at radius 1 is 1.25 bits per heavy atom. The van der Waals surface area contributed by atoms with Gasteiger partial charge in [-0.05, 0) is 41.4 Å². The van der Waals surface area contributed by atoms with Crippen molar-refractivity contribution in [2.24, 2.45) is 5.92 Å². The van der Waals surface area contributed by atoms with Crippen molar-refractivity contribution in [2.75, 3.05) is 0 Å². The van der Waals surface area contributed by atoms with Crippen LogP contribution in [0.15, 0.2) is 0 Å². The number of hydrogen-bond acceptors (Lipinski definition) is 1. The topological polar surface area (TPSA) is 17.1 Å². The Hall–Kier alpha value is 0.400. The summed E-state index contributed by atoms with van der Waals surface area (Å²) in [7, 11) is 0. The number of carbonyl (C=O) groups excluding carboxylic acids is 1. The van der Waals surface area contributed by atoms with E-state index in [-0.39, 0.29) is 0 Å². The predicted octanol–water partition coefficient (Wildman–Crippen LogP) is 3.70. The van der Waals surface area contributed by atoms with E-state index in [0.29, 0.717) is 3.79 Å². The Balaban J connectivity index is 2.01. The van der Waals surface area contributed by atoms with Gasteiger partial charge in [-0.2, -0.15) is 0 Å². The molecule has 70 valence electrons. The molecule has 2 heteroatoms. The van der Waals surface area contributed by atoms with Gasteiger partial charge in [-0.1, -0.05) is 32.1 Å². The number of hydrogen-bond donors (Lipinski definition) is 0. The van der Waals surface area contributed by atoms with Crippen molar-refractivity contribution in [1.82, 2.24) is 0 Å². The van der Waals surface area contributed by atoms with Gasteiger partial charge in [0.05, 0.1) is 0 Å². The van der Waals surface area contributed by atoms with Crippen LogP contribution in [-0.2, 0) is 4.79 Å². The van der Waals surface area contributed by atoms with Crippen LogP contribution in [0.5, 0.6) is 0 Å². The fourth-order valence-electron chi connectivity index (χ4n) is 2.01. The molecule has 0 aromatic heterocycles. The van der Waals surface area contributed by atoms with E-state index in [1.807, 2.05) is 22.6 Å². The normalized spacial score (nSPS) is 19.4. The molecule has 1 aliphatic carbocycles. The van der Waals surface area contributed by atoms with E-state index in [4.69, 9.17) is 0 Å². The fourth-order valence-corrected chi connectivity index (χ4v) is 2.39. The molecule has 0 heterocycles. The number of halogens is 1. The molecule has 0 aromatic rings. The average Bonchev–Trinajstić information content (AvgIpc) is 2.05.